The van der Waals surface area contributed by atoms with Gasteiger partial charge in [0.25, 0.3) is 5.91 Å². The van der Waals surface area contributed by atoms with E-state index in [0.29, 0.717) is 12.3 Å². The molecule has 0 bridgehead atoms. The van der Waals surface area contributed by atoms with Gasteiger partial charge in [0.1, 0.15) is 16.9 Å². The van der Waals surface area contributed by atoms with Crippen molar-refractivity contribution < 1.29 is 18.7 Å². The first-order chi connectivity index (χ1) is 19.4. The number of rotatable bonds is 10. The van der Waals surface area contributed by atoms with Gasteiger partial charge in [0, 0.05) is 47.7 Å². The Balaban J connectivity index is 1.48. The normalized spacial score (nSPS) is 12.9. The molecule has 0 spiro atoms. The number of benzene rings is 3. The van der Waals surface area contributed by atoms with Crippen molar-refractivity contribution in [2.45, 2.75) is 25.5 Å². The third-order valence-corrected chi connectivity index (χ3v) is 6.96. The van der Waals surface area contributed by atoms with Crippen molar-refractivity contribution in [2.75, 3.05) is 32.1 Å². The van der Waals surface area contributed by atoms with Gasteiger partial charge < -0.3 is 29.3 Å². The van der Waals surface area contributed by atoms with Crippen LogP contribution in [0.3, 0.4) is 0 Å². The van der Waals surface area contributed by atoms with E-state index in [2.05, 4.69) is 10.3 Å². The van der Waals surface area contributed by atoms with Gasteiger partial charge >= 0.3 is 6.09 Å². The molecule has 0 aliphatic rings. The Bertz CT molecular complexity index is 1570. The maximum Gasteiger partial charge on any atom is 0.408 e. The number of alkyl carbamates (subject to hydrolysis) is 1. The fourth-order valence-corrected chi connectivity index (χ4v) is 5.26. The number of nitrogens with one attached hydrogen (secondary N) is 2. The molecule has 206 valence electrons. The van der Waals surface area contributed by atoms with Gasteiger partial charge in [-0.05, 0) is 56.9 Å². The minimum absolute atomic E-state index is 0.0595. The minimum atomic E-state index is -1.33. The highest BCUT2D eigenvalue weighted by Gasteiger charge is 2.44. The molecule has 2 N–H and O–H groups in total. The number of likely N-dealkylation sites (N-methyl/N-ethyl adjacent to an activating group) is 2. The molecule has 5 rings (SSSR count). The molecule has 1 unspecified atom stereocenters. The van der Waals surface area contributed by atoms with Gasteiger partial charge in [-0.25, -0.2) is 4.79 Å². The Morgan fingerprint density at radius 3 is 2.45 bits per heavy atom. The Morgan fingerprint density at radius 1 is 0.975 bits per heavy atom. The molecule has 2 heterocycles. The highest BCUT2D eigenvalue weighted by Crippen LogP contribution is 2.27. The van der Waals surface area contributed by atoms with E-state index in [9.17, 15) is 9.59 Å². The number of hydrogen-bond acceptors (Lipinski definition) is 5. The zero-order valence-electron chi connectivity index (χ0n) is 23.0. The van der Waals surface area contributed by atoms with Crippen molar-refractivity contribution in [3.05, 3.63) is 102 Å². The summed E-state index contributed by atoms with van der Waals surface area (Å²) in [7, 11) is 3.77. The zero-order valence-corrected chi connectivity index (χ0v) is 23.0. The number of aromatic nitrogens is 1. The van der Waals surface area contributed by atoms with Crippen molar-refractivity contribution in [3.8, 4) is 0 Å². The molecule has 0 radical (unpaired) electrons. The summed E-state index contributed by atoms with van der Waals surface area (Å²) in [6, 6.07) is 26.9. The van der Waals surface area contributed by atoms with Gasteiger partial charge in [0.05, 0.1) is 0 Å². The van der Waals surface area contributed by atoms with Crippen molar-refractivity contribution in [1.82, 2.24) is 15.2 Å². The third-order valence-electron chi connectivity index (χ3n) is 6.96. The standard InChI is InChI=1S/C32H34N4O4/c1-4-36(25-13-6-5-7-14-25)30(37)32(22-35(2)3,19-24-20-33-28-16-10-9-15-27(24)28)34-31(38)39-21-26-18-23-12-8-11-17-29(23)40-26/h5-18,20,33H,4,19,21-22H2,1-3H3,(H,34,38). The number of furan rings is 1. The summed E-state index contributed by atoms with van der Waals surface area (Å²) in [4.78, 5) is 34.8. The van der Waals surface area contributed by atoms with Gasteiger partial charge in [-0.1, -0.05) is 54.6 Å². The number of carbonyl (C=O) groups excluding carboxylic acids is 2. The summed E-state index contributed by atoms with van der Waals surface area (Å²) < 4.78 is 11.4. The van der Waals surface area contributed by atoms with Crippen molar-refractivity contribution in [2.24, 2.45) is 0 Å². The van der Waals surface area contributed by atoms with Crippen LogP contribution in [0.15, 0.2) is 95.5 Å². The van der Waals surface area contributed by atoms with E-state index in [1.807, 2.05) is 117 Å². The van der Waals surface area contributed by atoms with Gasteiger partial charge in [-0.15, -0.1) is 0 Å². The monoisotopic (exact) mass is 538 g/mol. The van der Waals surface area contributed by atoms with Crippen molar-refractivity contribution in [1.29, 1.82) is 0 Å². The topological polar surface area (TPSA) is 90.8 Å². The fraction of sp³-hybridized carbons (Fsp3) is 0.250. The fourth-order valence-electron chi connectivity index (χ4n) is 5.26. The van der Waals surface area contributed by atoms with Crippen LogP contribution in [0.25, 0.3) is 21.9 Å². The van der Waals surface area contributed by atoms with E-state index < -0.39 is 11.6 Å². The molecule has 2 aromatic heterocycles. The summed E-state index contributed by atoms with van der Waals surface area (Å²) in [6.07, 6.45) is 1.47. The number of hydrogen-bond donors (Lipinski definition) is 2. The first-order valence-corrected chi connectivity index (χ1v) is 13.4. The van der Waals surface area contributed by atoms with E-state index >= 15 is 0 Å². The largest absolute Gasteiger partial charge is 0.457 e. The number of H-pyrrole nitrogens is 1. The van der Waals surface area contributed by atoms with Gasteiger partial charge in [-0.2, -0.15) is 0 Å². The van der Waals surface area contributed by atoms with Crippen molar-refractivity contribution in [3.63, 3.8) is 0 Å². The van der Waals surface area contributed by atoms with Crippen LogP contribution in [-0.2, 0) is 22.6 Å². The molecule has 8 heteroatoms. The summed E-state index contributed by atoms with van der Waals surface area (Å²) in [5.41, 5.74) is 2.04. The number of ether oxygens (including phenoxy) is 1. The average Bonchev–Trinajstić information content (AvgIpc) is 3.56. The Hall–Kier alpha value is -4.56. The molecular formula is C32H34N4O4. The molecule has 1 atom stereocenters. The van der Waals surface area contributed by atoms with E-state index in [1.165, 1.54) is 0 Å². The second-order valence-corrected chi connectivity index (χ2v) is 10.2. The quantitative estimate of drug-likeness (QED) is 0.237. The lowest BCUT2D eigenvalue weighted by Crippen LogP contribution is -2.65. The molecule has 40 heavy (non-hydrogen) atoms. The Morgan fingerprint density at radius 2 is 1.70 bits per heavy atom. The van der Waals surface area contributed by atoms with Crippen LogP contribution in [0.1, 0.15) is 18.2 Å². The number of carbonyl (C=O) groups is 2. The SMILES string of the molecule is CCN(C(=O)C(Cc1c[nH]c2ccccc12)(CN(C)C)NC(=O)OCc1cc2ccccc2o1)c1ccccc1. The number of anilines is 1. The Labute approximate surface area is 233 Å². The predicted octanol–water partition coefficient (Wildman–Crippen LogP) is 5.74. The number of aromatic amines is 1. The molecule has 0 aliphatic heterocycles. The van der Waals surface area contributed by atoms with Crippen LogP contribution in [0.5, 0.6) is 0 Å². The summed E-state index contributed by atoms with van der Waals surface area (Å²) in [6.45, 7) is 2.56. The second kappa shape index (κ2) is 11.7. The molecular weight excluding hydrogens is 504 g/mol. The number of nitrogens with zero attached hydrogens (tertiary/aromatic N) is 2. The van der Waals surface area contributed by atoms with Crippen LogP contribution < -0.4 is 10.2 Å². The van der Waals surface area contributed by atoms with Crippen LogP contribution in [0.4, 0.5) is 10.5 Å². The summed E-state index contributed by atoms with van der Waals surface area (Å²) >= 11 is 0. The third kappa shape index (κ3) is 5.72. The van der Waals surface area contributed by atoms with Gasteiger partial charge in [0.15, 0.2) is 6.61 Å². The molecule has 8 nitrogen and oxygen atoms in total. The first-order valence-electron chi connectivity index (χ1n) is 13.4. The van der Waals surface area contributed by atoms with Gasteiger partial charge in [-0.3, -0.25) is 4.79 Å². The second-order valence-electron chi connectivity index (χ2n) is 10.2. The van der Waals surface area contributed by atoms with E-state index in [0.717, 1.165) is 33.1 Å². The number of amides is 2. The Kier molecular flexibility index (Phi) is 7.89. The van der Waals surface area contributed by atoms with Crippen LogP contribution in [-0.4, -0.2) is 54.6 Å². The highest BCUT2D eigenvalue weighted by atomic mass is 16.6. The molecule has 3 aromatic carbocycles. The zero-order chi connectivity index (χ0) is 28.1. The summed E-state index contributed by atoms with van der Waals surface area (Å²) in [5, 5.41) is 4.93. The van der Waals surface area contributed by atoms with Crippen molar-refractivity contribution >= 4 is 39.6 Å². The maximum absolute atomic E-state index is 14.5. The lowest BCUT2D eigenvalue weighted by atomic mass is 9.88. The molecule has 0 saturated heterocycles. The highest BCUT2D eigenvalue weighted by molar-refractivity contribution is 6.03. The van der Waals surface area contributed by atoms with Gasteiger partial charge in [0.2, 0.25) is 0 Å². The molecule has 5 aromatic rings. The molecule has 0 fully saturated rings. The van der Waals surface area contributed by atoms with Crippen LogP contribution >= 0.6 is 0 Å². The number of fused-ring (bicyclic) bond motifs is 2. The summed E-state index contributed by atoms with van der Waals surface area (Å²) in [5.74, 6) is 0.304. The smallest absolute Gasteiger partial charge is 0.408 e. The average molecular weight is 539 g/mol. The lowest BCUT2D eigenvalue weighted by molar-refractivity contribution is -0.125. The minimum Gasteiger partial charge on any atom is -0.457 e. The predicted molar refractivity (Wildman–Crippen MR) is 157 cm³/mol. The van der Waals surface area contributed by atoms with E-state index in [-0.39, 0.29) is 25.5 Å². The molecule has 0 saturated carbocycles. The maximum atomic E-state index is 14.5. The van der Waals surface area contributed by atoms with Crippen LogP contribution in [0.2, 0.25) is 0 Å². The van der Waals surface area contributed by atoms with E-state index in [1.54, 1.807) is 4.90 Å². The molecule has 0 aliphatic carbocycles. The first kappa shape index (κ1) is 27.0. The van der Waals surface area contributed by atoms with E-state index in [4.69, 9.17) is 9.15 Å². The van der Waals surface area contributed by atoms with Crippen LogP contribution in [0, 0.1) is 0 Å². The lowest BCUT2D eigenvalue weighted by Gasteiger charge is -2.39. The molecule has 2 amide bonds. The number of para-hydroxylation sites is 3.